The lowest BCUT2D eigenvalue weighted by atomic mass is 10.1. The van der Waals surface area contributed by atoms with Gasteiger partial charge in [0.2, 0.25) is 5.91 Å². The molecular weight excluding hydrogens is 630 g/mol. The summed E-state index contributed by atoms with van der Waals surface area (Å²) in [7, 11) is 2.98. The molecule has 0 aliphatic rings. The van der Waals surface area contributed by atoms with Crippen LogP contribution in [0.25, 0.3) is 6.08 Å². The second-order valence-electron chi connectivity index (χ2n) is 9.69. The molecule has 4 aromatic rings. The third-order valence-electron chi connectivity index (χ3n) is 6.52. The normalized spacial score (nSPS) is 11.6. The number of carboxylic acids is 1. The zero-order chi connectivity index (χ0) is 33.2. The lowest BCUT2D eigenvalue weighted by Crippen LogP contribution is -2.30. The number of para-hydroxylation sites is 1. The summed E-state index contributed by atoms with van der Waals surface area (Å²) < 4.78 is 10.9. The first-order valence-electron chi connectivity index (χ1n) is 13.8. The zero-order valence-electron chi connectivity index (χ0n) is 25.0. The van der Waals surface area contributed by atoms with E-state index in [2.05, 4.69) is 16.0 Å². The molecule has 1 unspecified atom stereocenters. The van der Waals surface area contributed by atoms with Crippen LogP contribution in [0.1, 0.15) is 33.2 Å². The third kappa shape index (κ3) is 8.68. The van der Waals surface area contributed by atoms with Gasteiger partial charge in [-0.15, -0.1) is 11.8 Å². The van der Waals surface area contributed by atoms with Crippen molar-refractivity contribution in [2.24, 2.45) is 0 Å². The van der Waals surface area contributed by atoms with E-state index in [9.17, 15) is 24.3 Å². The van der Waals surface area contributed by atoms with Gasteiger partial charge < -0.3 is 30.5 Å². The summed E-state index contributed by atoms with van der Waals surface area (Å²) in [6, 6.07) is 24.7. The highest BCUT2D eigenvalue weighted by Crippen LogP contribution is 2.32. The van der Waals surface area contributed by atoms with E-state index in [0.29, 0.717) is 34.0 Å². The van der Waals surface area contributed by atoms with Gasteiger partial charge in [-0.3, -0.25) is 14.4 Å². The van der Waals surface area contributed by atoms with Crippen LogP contribution in [0, 0.1) is 0 Å². The number of methoxy groups -OCH3 is 2. The molecule has 10 nitrogen and oxygen atoms in total. The molecule has 236 valence electrons. The number of thioether (sulfide) groups is 1. The van der Waals surface area contributed by atoms with Gasteiger partial charge in [0.25, 0.3) is 11.8 Å². The summed E-state index contributed by atoms with van der Waals surface area (Å²) >= 11 is 7.18. The molecule has 0 heterocycles. The summed E-state index contributed by atoms with van der Waals surface area (Å²) in [6.45, 7) is 1.71. The number of hydrogen-bond donors (Lipinski definition) is 4. The van der Waals surface area contributed by atoms with Crippen LogP contribution in [-0.4, -0.2) is 48.3 Å². The number of ether oxygens (including phenoxy) is 2. The summed E-state index contributed by atoms with van der Waals surface area (Å²) in [5.74, 6) is -1.73. The molecule has 1 atom stereocenters. The number of amides is 3. The number of anilines is 2. The first-order chi connectivity index (χ1) is 22.1. The van der Waals surface area contributed by atoms with Crippen LogP contribution in [0.5, 0.6) is 11.5 Å². The van der Waals surface area contributed by atoms with E-state index in [-0.39, 0.29) is 22.2 Å². The number of carboxylic acid groups (broad SMARTS) is 1. The topological polar surface area (TPSA) is 143 Å². The van der Waals surface area contributed by atoms with Crippen molar-refractivity contribution >= 4 is 64.5 Å². The summed E-state index contributed by atoms with van der Waals surface area (Å²) in [6.07, 6.45) is 1.50. The van der Waals surface area contributed by atoms with Crippen molar-refractivity contribution < 1.29 is 33.8 Å². The monoisotopic (exact) mass is 659 g/mol. The standard InChI is InChI=1S/C34H30ClN3O7S/c1-20(31(39)37-24-14-17-27(35)26(19-24)34(42)43)46-25-15-12-23(13-16-25)36-33(41)28(38-32(40)21-8-5-4-6-9-21)18-22-10-7-11-29(44-2)30(22)45-3/h4-20H,1-3H3,(H,36,41)(H,37,39)(H,38,40)(H,42,43)/b28-18-. The fraction of sp³-hybridized carbons (Fsp3) is 0.118. The highest BCUT2D eigenvalue weighted by Gasteiger charge is 2.19. The highest BCUT2D eigenvalue weighted by molar-refractivity contribution is 8.00. The van der Waals surface area contributed by atoms with Crippen LogP contribution in [0.4, 0.5) is 11.4 Å². The minimum Gasteiger partial charge on any atom is -0.493 e. The fourth-order valence-electron chi connectivity index (χ4n) is 4.21. The number of carbonyl (C=O) groups excluding carboxylic acids is 3. The molecule has 0 aliphatic carbocycles. The van der Waals surface area contributed by atoms with Crippen LogP contribution in [-0.2, 0) is 9.59 Å². The largest absolute Gasteiger partial charge is 0.493 e. The Bertz CT molecular complexity index is 1780. The van der Waals surface area contributed by atoms with Crippen molar-refractivity contribution in [3.63, 3.8) is 0 Å². The second-order valence-corrected chi connectivity index (χ2v) is 11.5. The molecule has 4 aromatic carbocycles. The number of halogens is 1. The lowest BCUT2D eigenvalue weighted by Gasteiger charge is -2.15. The molecular formula is C34H30ClN3O7S. The van der Waals surface area contributed by atoms with Crippen LogP contribution < -0.4 is 25.4 Å². The van der Waals surface area contributed by atoms with E-state index in [1.165, 1.54) is 50.3 Å². The Morgan fingerprint density at radius 3 is 2.20 bits per heavy atom. The molecule has 0 radical (unpaired) electrons. The molecule has 12 heteroatoms. The Labute approximate surface area is 274 Å². The van der Waals surface area contributed by atoms with E-state index >= 15 is 0 Å². The number of aromatic carboxylic acids is 1. The van der Waals surface area contributed by atoms with E-state index in [4.69, 9.17) is 21.1 Å². The minimum atomic E-state index is -1.20. The molecule has 46 heavy (non-hydrogen) atoms. The van der Waals surface area contributed by atoms with Crippen LogP contribution in [0.15, 0.2) is 102 Å². The van der Waals surface area contributed by atoms with Gasteiger partial charge in [-0.2, -0.15) is 0 Å². The quantitative estimate of drug-likeness (QED) is 0.0986. The maximum absolute atomic E-state index is 13.5. The predicted molar refractivity (Wildman–Crippen MR) is 179 cm³/mol. The van der Waals surface area contributed by atoms with Crippen molar-refractivity contribution in [2.45, 2.75) is 17.1 Å². The van der Waals surface area contributed by atoms with Gasteiger partial charge in [0.15, 0.2) is 11.5 Å². The average molecular weight is 660 g/mol. The van der Waals surface area contributed by atoms with E-state index in [1.54, 1.807) is 79.7 Å². The molecule has 0 aliphatic heterocycles. The maximum atomic E-state index is 13.5. The van der Waals surface area contributed by atoms with Gasteiger partial charge in [-0.1, -0.05) is 41.9 Å². The molecule has 4 rings (SSSR count). The molecule has 0 saturated carbocycles. The van der Waals surface area contributed by atoms with Crippen molar-refractivity contribution in [1.82, 2.24) is 5.32 Å². The second kappa shape index (κ2) is 15.6. The lowest BCUT2D eigenvalue weighted by molar-refractivity contribution is -0.115. The number of benzene rings is 4. The van der Waals surface area contributed by atoms with Gasteiger partial charge >= 0.3 is 5.97 Å². The first kappa shape index (κ1) is 33.6. The van der Waals surface area contributed by atoms with Crippen molar-refractivity contribution in [3.05, 3.63) is 118 Å². The summed E-state index contributed by atoms with van der Waals surface area (Å²) in [4.78, 5) is 51.3. The molecule has 0 aromatic heterocycles. The Hall–Kier alpha value is -5.26. The van der Waals surface area contributed by atoms with Gasteiger partial charge in [0.1, 0.15) is 5.70 Å². The number of carbonyl (C=O) groups is 4. The van der Waals surface area contributed by atoms with Crippen LogP contribution in [0.2, 0.25) is 5.02 Å². The molecule has 0 fully saturated rings. The number of hydrogen-bond acceptors (Lipinski definition) is 7. The number of nitrogens with one attached hydrogen (secondary N) is 3. The van der Waals surface area contributed by atoms with E-state index in [0.717, 1.165) is 4.90 Å². The highest BCUT2D eigenvalue weighted by atomic mass is 35.5. The van der Waals surface area contributed by atoms with E-state index < -0.39 is 23.0 Å². The Morgan fingerprint density at radius 2 is 1.54 bits per heavy atom. The maximum Gasteiger partial charge on any atom is 0.337 e. The first-order valence-corrected chi connectivity index (χ1v) is 15.1. The van der Waals surface area contributed by atoms with Gasteiger partial charge in [-0.25, -0.2) is 4.79 Å². The Kier molecular flexibility index (Phi) is 11.4. The van der Waals surface area contributed by atoms with Crippen LogP contribution >= 0.6 is 23.4 Å². The van der Waals surface area contributed by atoms with Crippen molar-refractivity contribution in [3.8, 4) is 11.5 Å². The fourth-order valence-corrected chi connectivity index (χ4v) is 5.27. The molecule has 4 N–H and O–H groups in total. The smallest absolute Gasteiger partial charge is 0.337 e. The molecule has 0 bridgehead atoms. The third-order valence-corrected chi connectivity index (χ3v) is 7.96. The van der Waals surface area contributed by atoms with Crippen molar-refractivity contribution in [2.75, 3.05) is 24.9 Å². The Morgan fingerprint density at radius 1 is 0.848 bits per heavy atom. The zero-order valence-corrected chi connectivity index (χ0v) is 26.6. The SMILES string of the molecule is COc1cccc(/C=C(\NC(=O)c2ccccc2)C(=O)Nc2ccc(SC(C)C(=O)Nc3ccc(Cl)c(C(=O)O)c3)cc2)c1OC. The minimum absolute atomic E-state index is 0.0302. The summed E-state index contributed by atoms with van der Waals surface area (Å²) in [5.41, 5.74) is 1.50. The van der Waals surface area contributed by atoms with Crippen LogP contribution in [0.3, 0.4) is 0 Å². The van der Waals surface area contributed by atoms with Gasteiger partial charge in [-0.05, 0) is 73.7 Å². The van der Waals surface area contributed by atoms with Gasteiger partial charge in [0.05, 0.1) is 30.1 Å². The van der Waals surface area contributed by atoms with Gasteiger partial charge in [0, 0.05) is 27.4 Å². The molecule has 0 spiro atoms. The predicted octanol–water partition coefficient (Wildman–Crippen LogP) is 6.58. The van der Waals surface area contributed by atoms with E-state index in [1.807, 2.05) is 0 Å². The van der Waals surface area contributed by atoms with Crippen molar-refractivity contribution in [1.29, 1.82) is 0 Å². The number of rotatable bonds is 12. The summed E-state index contributed by atoms with van der Waals surface area (Å²) in [5, 5.41) is 17.0. The Balaban J connectivity index is 1.48. The molecule has 3 amide bonds. The molecule has 0 saturated heterocycles. The average Bonchev–Trinajstić information content (AvgIpc) is 3.06.